The van der Waals surface area contributed by atoms with E-state index in [9.17, 15) is 14.4 Å². The number of thioether (sulfide) groups is 1. The van der Waals surface area contributed by atoms with Gasteiger partial charge in [0.2, 0.25) is 5.91 Å². The van der Waals surface area contributed by atoms with E-state index >= 15 is 0 Å². The number of carbonyl (C=O) groups is 3. The van der Waals surface area contributed by atoms with Crippen molar-refractivity contribution in [3.8, 4) is 0 Å². The van der Waals surface area contributed by atoms with E-state index in [4.69, 9.17) is 14.2 Å². The molecule has 2 aromatic rings. The molecular formula is C24H30N2O6S. The molecule has 0 unspecified atom stereocenters. The predicted molar refractivity (Wildman–Crippen MR) is 127 cm³/mol. The van der Waals surface area contributed by atoms with Crippen LogP contribution in [0.2, 0.25) is 0 Å². The summed E-state index contributed by atoms with van der Waals surface area (Å²) in [6, 6.07) is 16.8. The van der Waals surface area contributed by atoms with Crippen LogP contribution in [0.4, 0.5) is 4.79 Å². The van der Waals surface area contributed by atoms with Crippen molar-refractivity contribution in [2.24, 2.45) is 0 Å². The third-order valence-corrected chi connectivity index (χ3v) is 5.27. The molecule has 0 aliphatic carbocycles. The van der Waals surface area contributed by atoms with Gasteiger partial charge in [0.15, 0.2) is 0 Å². The van der Waals surface area contributed by atoms with Crippen LogP contribution in [0.1, 0.15) is 17.5 Å². The molecule has 33 heavy (non-hydrogen) atoms. The molecule has 0 aliphatic heterocycles. The number of nitrogens with one attached hydrogen (secondary N) is 2. The first kappa shape index (κ1) is 26.2. The molecular weight excluding hydrogens is 444 g/mol. The molecule has 8 nitrogen and oxygen atoms in total. The number of alkyl carbamates (subject to hydrolysis) is 1. The van der Waals surface area contributed by atoms with Crippen LogP contribution >= 0.6 is 11.8 Å². The second kappa shape index (κ2) is 14.9. The highest BCUT2D eigenvalue weighted by Gasteiger charge is 2.27. The van der Waals surface area contributed by atoms with Crippen molar-refractivity contribution in [3.63, 3.8) is 0 Å². The van der Waals surface area contributed by atoms with E-state index < -0.39 is 30.1 Å². The smallest absolute Gasteiger partial charge is 0.408 e. The molecule has 0 heterocycles. The lowest BCUT2D eigenvalue weighted by molar-refractivity contribution is -0.145. The summed E-state index contributed by atoms with van der Waals surface area (Å²) in [6.45, 7) is 0.222. The van der Waals surface area contributed by atoms with E-state index in [1.165, 1.54) is 7.11 Å². The van der Waals surface area contributed by atoms with Gasteiger partial charge in [0, 0.05) is 0 Å². The van der Waals surface area contributed by atoms with Crippen molar-refractivity contribution in [3.05, 3.63) is 71.8 Å². The third-order valence-electron chi connectivity index (χ3n) is 4.63. The van der Waals surface area contributed by atoms with Gasteiger partial charge in [-0.2, -0.15) is 11.8 Å². The van der Waals surface area contributed by atoms with Crippen LogP contribution < -0.4 is 10.6 Å². The fraction of sp³-hybridized carbons (Fsp3) is 0.375. The van der Waals surface area contributed by atoms with E-state index in [1.807, 2.05) is 66.9 Å². The van der Waals surface area contributed by atoms with Gasteiger partial charge >= 0.3 is 12.1 Å². The molecule has 0 spiro atoms. The first-order chi connectivity index (χ1) is 16.0. The predicted octanol–water partition coefficient (Wildman–Crippen LogP) is 2.91. The molecule has 9 heteroatoms. The highest BCUT2D eigenvalue weighted by atomic mass is 32.2. The van der Waals surface area contributed by atoms with Crippen LogP contribution in [0.15, 0.2) is 60.7 Å². The van der Waals surface area contributed by atoms with E-state index in [1.54, 1.807) is 11.8 Å². The Labute approximate surface area is 198 Å². The minimum atomic E-state index is -1.06. The Bertz CT molecular complexity index is 866. The zero-order chi connectivity index (χ0) is 23.9. The van der Waals surface area contributed by atoms with Crippen molar-refractivity contribution < 1.29 is 28.6 Å². The molecule has 0 radical (unpaired) electrons. The van der Waals surface area contributed by atoms with Crippen molar-refractivity contribution in [1.29, 1.82) is 0 Å². The summed E-state index contributed by atoms with van der Waals surface area (Å²) in [6.07, 6.45) is 1.54. The number of ether oxygens (including phenoxy) is 3. The lowest BCUT2D eigenvalue weighted by atomic mass is 10.2. The van der Waals surface area contributed by atoms with Gasteiger partial charge < -0.3 is 24.8 Å². The van der Waals surface area contributed by atoms with Crippen molar-refractivity contribution in [2.45, 2.75) is 31.7 Å². The molecule has 0 bridgehead atoms. The first-order valence-corrected chi connectivity index (χ1v) is 11.9. The van der Waals surface area contributed by atoms with Crippen molar-refractivity contribution in [2.75, 3.05) is 25.7 Å². The number of esters is 1. The summed E-state index contributed by atoms with van der Waals surface area (Å²) in [4.78, 5) is 37.3. The lowest BCUT2D eigenvalue weighted by Crippen LogP contribution is -2.53. The van der Waals surface area contributed by atoms with Crippen LogP contribution in [0.3, 0.4) is 0 Å². The number of carbonyl (C=O) groups excluding carboxylic acids is 3. The number of hydrogen-bond acceptors (Lipinski definition) is 7. The van der Waals surface area contributed by atoms with Gasteiger partial charge in [-0.3, -0.25) is 4.79 Å². The average Bonchev–Trinajstić information content (AvgIpc) is 2.85. The molecule has 2 N–H and O–H groups in total. The Morgan fingerprint density at radius 1 is 0.879 bits per heavy atom. The quantitative estimate of drug-likeness (QED) is 0.430. The molecule has 0 aliphatic rings. The molecule has 2 rings (SSSR count). The van der Waals surface area contributed by atoms with Gasteiger partial charge in [0.05, 0.1) is 20.3 Å². The molecule has 0 fully saturated rings. The Kier molecular flexibility index (Phi) is 11.8. The maximum absolute atomic E-state index is 12.9. The standard InChI is InChI=1S/C24H30N2O6S/c1-30-23(28)20(13-14-33-2)25-22(27)21(17-31-15-18-9-5-3-6-10-18)26-24(29)32-16-19-11-7-4-8-12-19/h3-12,20-21H,13-17H2,1-2H3,(H,25,27)(H,26,29)/t20-,21-/m0/s1. The van der Waals surface area contributed by atoms with E-state index in [-0.39, 0.29) is 19.8 Å². The molecule has 2 aromatic carbocycles. The zero-order valence-corrected chi connectivity index (χ0v) is 19.6. The topological polar surface area (TPSA) is 103 Å². The van der Waals surface area contributed by atoms with Gasteiger partial charge in [-0.05, 0) is 29.6 Å². The second-order valence-corrected chi connectivity index (χ2v) is 8.11. The minimum absolute atomic E-state index is 0.0599. The Morgan fingerprint density at radius 2 is 1.48 bits per heavy atom. The van der Waals surface area contributed by atoms with Crippen molar-refractivity contribution in [1.82, 2.24) is 10.6 Å². The van der Waals surface area contributed by atoms with Crippen LogP contribution in [0.25, 0.3) is 0 Å². The molecule has 0 saturated heterocycles. The average molecular weight is 475 g/mol. The molecule has 178 valence electrons. The number of amides is 2. The zero-order valence-electron chi connectivity index (χ0n) is 18.8. The Balaban J connectivity index is 1.99. The van der Waals surface area contributed by atoms with Crippen LogP contribution in [-0.4, -0.2) is 55.8 Å². The summed E-state index contributed by atoms with van der Waals surface area (Å²) in [5, 5.41) is 5.19. The second-order valence-electron chi connectivity index (χ2n) is 7.13. The maximum Gasteiger partial charge on any atom is 0.408 e. The number of hydrogen-bond donors (Lipinski definition) is 2. The first-order valence-electron chi connectivity index (χ1n) is 10.5. The highest BCUT2D eigenvalue weighted by Crippen LogP contribution is 2.06. The van der Waals surface area contributed by atoms with Gasteiger partial charge in [-0.1, -0.05) is 60.7 Å². The SMILES string of the molecule is COC(=O)[C@H](CCSC)NC(=O)[C@H](COCc1ccccc1)NC(=O)OCc1ccccc1. The number of rotatable bonds is 13. The number of benzene rings is 2. The Hall–Kier alpha value is -3.04. The van der Waals surface area contributed by atoms with Gasteiger partial charge in [0.25, 0.3) is 0 Å². The summed E-state index contributed by atoms with van der Waals surface area (Å²) in [5.41, 5.74) is 1.74. The van der Waals surface area contributed by atoms with Crippen LogP contribution in [0, 0.1) is 0 Å². The molecule has 0 aromatic heterocycles. The van der Waals surface area contributed by atoms with E-state index in [0.717, 1.165) is 11.1 Å². The van der Waals surface area contributed by atoms with E-state index in [2.05, 4.69) is 10.6 Å². The maximum atomic E-state index is 12.9. The van der Waals surface area contributed by atoms with Crippen LogP contribution in [-0.2, 0) is 37.0 Å². The van der Waals surface area contributed by atoms with Gasteiger partial charge in [-0.25, -0.2) is 9.59 Å². The molecule has 2 atom stereocenters. The highest BCUT2D eigenvalue weighted by molar-refractivity contribution is 7.98. The third kappa shape index (κ3) is 9.97. The Morgan fingerprint density at radius 3 is 2.06 bits per heavy atom. The molecule has 2 amide bonds. The van der Waals surface area contributed by atoms with Crippen LogP contribution in [0.5, 0.6) is 0 Å². The number of methoxy groups -OCH3 is 1. The lowest BCUT2D eigenvalue weighted by Gasteiger charge is -2.22. The summed E-state index contributed by atoms with van der Waals surface area (Å²) in [5.74, 6) is -0.453. The minimum Gasteiger partial charge on any atom is -0.467 e. The largest absolute Gasteiger partial charge is 0.467 e. The molecule has 0 saturated carbocycles. The summed E-state index contributed by atoms with van der Waals surface area (Å²) < 4.78 is 15.7. The summed E-state index contributed by atoms with van der Waals surface area (Å²) in [7, 11) is 1.26. The van der Waals surface area contributed by atoms with Gasteiger partial charge in [-0.15, -0.1) is 0 Å². The fourth-order valence-electron chi connectivity index (χ4n) is 2.86. The van der Waals surface area contributed by atoms with Crippen molar-refractivity contribution >= 4 is 29.7 Å². The fourth-order valence-corrected chi connectivity index (χ4v) is 3.33. The van der Waals surface area contributed by atoms with Gasteiger partial charge in [0.1, 0.15) is 18.7 Å². The monoisotopic (exact) mass is 474 g/mol. The van der Waals surface area contributed by atoms with E-state index in [0.29, 0.717) is 12.2 Å². The normalized spacial score (nSPS) is 12.3. The summed E-state index contributed by atoms with van der Waals surface area (Å²) >= 11 is 1.55.